The van der Waals surface area contributed by atoms with Crippen LogP contribution in [-0.2, 0) is 0 Å². The van der Waals surface area contributed by atoms with Gasteiger partial charge in [-0.25, -0.2) is 0 Å². The third-order valence-electron chi connectivity index (χ3n) is 2.59. The molecule has 0 fully saturated rings. The molecule has 20 heavy (non-hydrogen) atoms. The van der Waals surface area contributed by atoms with Crippen molar-refractivity contribution in [2.75, 3.05) is 11.9 Å². The smallest absolute Gasteiger partial charge is 0.258 e. The van der Waals surface area contributed by atoms with Crippen molar-refractivity contribution in [2.24, 2.45) is 0 Å². The van der Waals surface area contributed by atoms with Gasteiger partial charge in [0.15, 0.2) is 0 Å². The van der Waals surface area contributed by atoms with Crippen LogP contribution >= 0.6 is 34.5 Å². The van der Waals surface area contributed by atoms with E-state index in [9.17, 15) is 4.79 Å². The molecule has 0 saturated carbocycles. The number of aryl methyl sites for hydroxylation is 1. The van der Waals surface area contributed by atoms with Crippen molar-refractivity contribution in [1.29, 1.82) is 0 Å². The molecular formula is C14H13Cl2NO2S. The van der Waals surface area contributed by atoms with Gasteiger partial charge in [0.1, 0.15) is 10.1 Å². The molecule has 1 N–H and O–H groups in total. The quantitative estimate of drug-likeness (QED) is 0.855. The van der Waals surface area contributed by atoms with Crippen LogP contribution in [0.2, 0.25) is 8.67 Å². The molecule has 1 aromatic carbocycles. The molecule has 6 heteroatoms. The summed E-state index contributed by atoms with van der Waals surface area (Å²) in [5.74, 6) is 0.334. The molecule has 2 aromatic rings. The minimum Gasteiger partial charge on any atom is -0.492 e. The van der Waals surface area contributed by atoms with E-state index in [1.54, 1.807) is 12.1 Å². The highest BCUT2D eigenvalue weighted by Crippen LogP contribution is 2.33. The summed E-state index contributed by atoms with van der Waals surface area (Å²) in [5.41, 5.74) is 2.04. The van der Waals surface area contributed by atoms with Crippen molar-refractivity contribution in [3.8, 4) is 5.75 Å². The molecule has 1 heterocycles. The van der Waals surface area contributed by atoms with Crippen LogP contribution in [0.15, 0.2) is 24.3 Å². The second kappa shape index (κ2) is 6.48. The molecule has 0 saturated heterocycles. The second-order valence-electron chi connectivity index (χ2n) is 4.12. The van der Waals surface area contributed by atoms with Crippen molar-refractivity contribution in [3.05, 3.63) is 44.1 Å². The molecule has 0 bridgehead atoms. The first-order chi connectivity index (χ1) is 9.51. The van der Waals surface area contributed by atoms with Crippen molar-refractivity contribution < 1.29 is 9.53 Å². The van der Waals surface area contributed by atoms with Gasteiger partial charge >= 0.3 is 0 Å². The number of rotatable bonds is 4. The Morgan fingerprint density at radius 1 is 1.35 bits per heavy atom. The Labute approximate surface area is 131 Å². The van der Waals surface area contributed by atoms with E-state index in [0.29, 0.717) is 32.3 Å². The molecule has 0 spiro atoms. The first-order valence-electron chi connectivity index (χ1n) is 6.01. The topological polar surface area (TPSA) is 38.3 Å². The molecule has 2 rings (SSSR count). The largest absolute Gasteiger partial charge is 0.492 e. The minimum absolute atomic E-state index is 0.303. The zero-order valence-electron chi connectivity index (χ0n) is 11.0. The summed E-state index contributed by atoms with van der Waals surface area (Å²) in [6.07, 6.45) is 0. The zero-order valence-corrected chi connectivity index (χ0v) is 13.3. The summed E-state index contributed by atoms with van der Waals surface area (Å²) in [7, 11) is 0. The van der Waals surface area contributed by atoms with Gasteiger partial charge in [-0.2, -0.15) is 0 Å². The Hall–Kier alpha value is -1.23. The van der Waals surface area contributed by atoms with E-state index in [1.165, 1.54) is 0 Å². The second-order valence-corrected chi connectivity index (χ2v) is 6.41. The summed E-state index contributed by atoms with van der Waals surface area (Å²) in [4.78, 5) is 12.2. The van der Waals surface area contributed by atoms with Crippen LogP contribution in [0.3, 0.4) is 0 Å². The van der Waals surface area contributed by atoms with Gasteiger partial charge in [-0.05, 0) is 37.6 Å². The fourth-order valence-corrected chi connectivity index (χ4v) is 3.15. The van der Waals surface area contributed by atoms with Crippen molar-refractivity contribution >= 4 is 46.1 Å². The van der Waals surface area contributed by atoms with E-state index < -0.39 is 0 Å². The third kappa shape index (κ3) is 3.45. The van der Waals surface area contributed by atoms with E-state index in [1.807, 2.05) is 26.0 Å². The van der Waals surface area contributed by atoms with Gasteiger partial charge in [0.05, 0.1) is 22.2 Å². The molecule has 0 atom stereocenters. The van der Waals surface area contributed by atoms with Crippen LogP contribution < -0.4 is 10.1 Å². The van der Waals surface area contributed by atoms with Gasteiger partial charge in [-0.3, -0.25) is 4.79 Å². The van der Waals surface area contributed by atoms with E-state index in [-0.39, 0.29) is 5.91 Å². The maximum absolute atomic E-state index is 12.2. The van der Waals surface area contributed by atoms with Gasteiger partial charge in [-0.1, -0.05) is 29.3 Å². The summed E-state index contributed by atoms with van der Waals surface area (Å²) >= 11 is 13.0. The van der Waals surface area contributed by atoms with Crippen LogP contribution in [0.5, 0.6) is 5.75 Å². The number of hydrogen-bond acceptors (Lipinski definition) is 3. The molecule has 3 nitrogen and oxygen atoms in total. The lowest BCUT2D eigenvalue weighted by Crippen LogP contribution is -2.12. The Morgan fingerprint density at radius 2 is 2.10 bits per heavy atom. The van der Waals surface area contributed by atoms with Gasteiger partial charge in [0, 0.05) is 0 Å². The maximum atomic E-state index is 12.2. The van der Waals surface area contributed by atoms with Crippen LogP contribution in [0.1, 0.15) is 22.8 Å². The highest BCUT2D eigenvalue weighted by molar-refractivity contribution is 7.20. The minimum atomic E-state index is -0.303. The fraction of sp³-hybridized carbons (Fsp3) is 0.214. The van der Waals surface area contributed by atoms with E-state index in [4.69, 9.17) is 27.9 Å². The molecule has 0 aliphatic carbocycles. The molecule has 0 aliphatic rings. The van der Waals surface area contributed by atoms with E-state index >= 15 is 0 Å². The predicted octanol–water partition coefficient (Wildman–Crippen LogP) is 5.01. The van der Waals surface area contributed by atoms with Crippen LogP contribution in [0.4, 0.5) is 5.69 Å². The van der Waals surface area contributed by atoms with Crippen LogP contribution in [0, 0.1) is 6.92 Å². The number of carbonyl (C=O) groups excluding carboxylic acids is 1. The number of ether oxygens (including phenoxy) is 1. The Kier molecular flexibility index (Phi) is 4.91. The van der Waals surface area contributed by atoms with Crippen molar-refractivity contribution in [2.45, 2.75) is 13.8 Å². The van der Waals surface area contributed by atoms with Crippen LogP contribution in [0.25, 0.3) is 0 Å². The molecule has 1 amide bonds. The Balaban J connectivity index is 2.25. The number of benzene rings is 1. The summed E-state index contributed by atoms with van der Waals surface area (Å²) in [6.45, 7) is 4.38. The fourth-order valence-electron chi connectivity index (χ4n) is 1.69. The Bertz CT molecular complexity index is 640. The SMILES string of the molecule is CCOc1cc(C)ccc1NC(=O)c1cc(Cl)sc1Cl. The van der Waals surface area contributed by atoms with Gasteiger partial charge in [-0.15, -0.1) is 11.3 Å². The van der Waals surface area contributed by atoms with Crippen molar-refractivity contribution in [3.63, 3.8) is 0 Å². The van der Waals surface area contributed by atoms with Gasteiger partial charge in [0.25, 0.3) is 5.91 Å². The standard InChI is InChI=1S/C14H13Cl2NO2S/c1-3-19-11-6-8(2)4-5-10(11)17-14(18)9-7-12(15)20-13(9)16/h4-7H,3H2,1-2H3,(H,17,18). The molecule has 0 unspecified atom stereocenters. The first kappa shape index (κ1) is 15.2. The average molecular weight is 330 g/mol. The van der Waals surface area contributed by atoms with Crippen molar-refractivity contribution in [1.82, 2.24) is 0 Å². The third-order valence-corrected chi connectivity index (χ3v) is 4.07. The monoisotopic (exact) mass is 329 g/mol. The number of hydrogen-bond donors (Lipinski definition) is 1. The number of thiophene rings is 1. The van der Waals surface area contributed by atoms with Gasteiger partial charge in [0.2, 0.25) is 0 Å². The lowest BCUT2D eigenvalue weighted by molar-refractivity contribution is 0.102. The van der Waals surface area contributed by atoms with E-state index in [2.05, 4.69) is 5.32 Å². The summed E-state index contributed by atoms with van der Waals surface area (Å²) < 4.78 is 6.37. The number of amides is 1. The molecule has 1 aromatic heterocycles. The number of halogens is 2. The lowest BCUT2D eigenvalue weighted by Gasteiger charge is -2.12. The number of carbonyl (C=O) groups is 1. The number of anilines is 1. The maximum Gasteiger partial charge on any atom is 0.258 e. The van der Waals surface area contributed by atoms with E-state index in [0.717, 1.165) is 16.9 Å². The Morgan fingerprint density at radius 3 is 2.70 bits per heavy atom. The first-order valence-corrected chi connectivity index (χ1v) is 7.58. The highest BCUT2D eigenvalue weighted by Gasteiger charge is 2.16. The molecular weight excluding hydrogens is 317 g/mol. The molecule has 0 aliphatic heterocycles. The molecule has 0 radical (unpaired) electrons. The predicted molar refractivity (Wildman–Crippen MR) is 84.6 cm³/mol. The average Bonchev–Trinajstić information content (AvgIpc) is 2.72. The number of nitrogens with one attached hydrogen (secondary N) is 1. The van der Waals surface area contributed by atoms with Gasteiger partial charge < -0.3 is 10.1 Å². The highest BCUT2D eigenvalue weighted by atomic mass is 35.5. The molecule has 106 valence electrons. The summed E-state index contributed by atoms with van der Waals surface area (Å²) in [6, 6.07) is 7.14. The normalized spacial score (nSPS) is 10.4. The van der Waals surface area contributed by atoms with Crippen LogP contribution in [-0.4, -0.2) is 12.5 Å². The summed E-state index contributed by atoms with van der Waals surface area (Å²) in [5, 5.41) is 2.79. The zero-order chi connectivity index (χ0) is 14.7. The lowest BCUT2D eigenvalue weighted by atomic mass is 10.2.